The van der Waals surface area contributed by atoms with Gasteiger partial charge in [0.05, 0.1) is 10.7 Å². The summed E-state index contributed by atoms with van der Waals surface area (Å²) in [6, 6.07) is 0.798. The van der Waals surface area contributed by atoms with Crippen LogP contribution >= 0.6 is 22.9 Å². The molecule has 0 unspecified atom stereocenters. The fourth-order valence-electron chi connectivity index (χ4n) is 0.985. The van der Waals surface area contributed by atoms with Gasteiger partial charge in [0, 0.05) is 12.6 Å². The number of hydrogen-bond donors (Lipinski definition) is 2. The van der Waals surface area contributed by atoms with E-state index in [-0.39, 0.29) is 8.55 Å². The van der Waals surface area contributed by atoms with Gasteiger partial charge in [0.25, 0.3) is 5.69 Å². The van der Waals surface area contributed by atoms with E-state index in [1.807, 2.05) is 4.72 Å². The summed E-state index contributed by atoms with van der Waals surface area (Å²) in [6.45, 7) is -0.440. The van der Waals surface area contributed by atoms with Crippen molar-refractivity contribution >= 4 is 48.7 Å². The molecule has 108 valence electrons. The standard InChI is InChI=1S/C6H8ClN3O6S3/c7-6-4(10(11)12)3-5(17-6)19(15,16)9-1-2-18(8,13)14/h3,9H,1-2H2,(H2,8,13,14). The van der Waals surface area contributed by atoms with Gasteiger partial charge in [-0.2, -0.15) is 0 Å². The van der Waals surface area contributed by atoms with Gasteiger partial charge in [-0.15, -0.1) is 11.3 Å². The molecule has 19 heavy (non-hydrogen) atoms. The van der Waals surface area contributed by atoms with Crippen LogP contribution in [-0.2, 0) is 20.0 Å². The number of sulfonamides is 2. The molecule has 9 nitrogen and oxygen atoms in total. The first-order valence-corrected chi connectivity index (χ1v) is 8.86. The maximum Gasteiger partial charge on any atom is 0.300 e. The second-order valence-corrected chi connectivity index (χ2v) is 8.63. The molecule has 0 amide bonds. The van der Waals surface area contributed by atoms with Crippen LogP contribution in [0.4, 0.5) is 5.69 Å². The van der Waals surface area contributed by atoms with Crippen molar-refractivity contribution in [1.29, 1.82) is 0 Å². The minimum atomic E-state index is -4.06. The lowest BCUT2D eigenvalue weighted by molar-refractivity contribution is -0.384. The van der Waals surface area contributed by atoms with Crippen molar-refractivity contribution in [3.63, 3.8) is 0 Å². The van der Waals surface area contributed by atoms with E-state index in [1.165, 1.54) is 0 Å². The Kier molecular flexibility index (Phi) is 4.86. The van der Waals surface area contributed by atoms with Gasteiger partial charge in [-0.25, -0.2) is 26.7 Å². The third-order valence-electron chi connectivity index (χ3n) is 1.79. The number of nitrogens with two attached hydrogens (primary N) is 1. The minimum Gasteiger partial charge on any atom is -0.258 e. The van der Waals surface area contributed by atoms with Crippen molar-refractivity contribution in [2.75, 3.05) is 12.3 Å². The summed E-state index contributed by atoms with van der Waals surface area (Å²) in [5.41, 5.74) is -0.529. The second-order valence-electron chi connectivity index (χ2n) is 3.25. The molecule has 1 aromatic rings. The molecule has 0 aliphatic heterocycles. The molecular weight excluding hydrogens is 342 g/mol. The topological polar surface area (TPSA) is 149 Å². The lowest BCUT2D eigenvalue weighted by Crippen LogP contribution is -2.31. The monoisotopic (exact) mass is 349 g/mol. The van der Waals surface area contributed by atoms with Gasteiger partial charge in [0.15, 0.2) is 4.34 Å². The normalized spacial score (nSPS) is 12.5. The van der Waals surface area contributed by atoms with Gasteiger partial charge in [-0.05, 0) is 0 Å². The van der Waals surface area contributed by atoms with Crippen molar-refractivity contribution in [3.8, 4) is 0 Å². The van der Waals surface area contributed by atoms with Crippen LogP contribution in [0.15, 0.2) is 10.3 Å². The Morgan fingerprint density at radius 1 is 1.42 bits per heavy atom. The highest BCUT2D eigenvalue weighted by molar-refractivity contribution is 7.92. The number of nitrogens with zero attached hydrogens (tertiary/aromatic N) is 1. The molecule has 0 spiro atoms. The molecule has 0 atom stereocenters. The molecule has 0 saturated heterocycles. The Labute approximate surface area is 117 Å². The summed E-state index contributed by atoms with van der Waals surface area (Å²) in [5, 5.41) is 15.2. The maximum absolute atomic E-state index is 11.7. The zero-order valence-electron chi connectivity index (χ0n) is 9.07. The van der Waals surface area contributed by atoms with Gasteiger partial charge in [-0.3, -0.25) is 10.1 Å². The third kappa shape index (κ3) is 4.67. The van der Waals surface area contributed by atoms with Crippen LogP contribution in [0.1, 0.15) is 0 Å². The summed E-state index contributed by atoms with van der Waals surface area (Å²) in [4.78, 5) is 9.71. The summed E-state index contributed by atoms with van der Waals surface area (Å²) in [5.74, 6) is -0.590. The van der Waals surface area contributed by atoms with Crippen LogP contribution in [0, 0.1) is 10.1 Å². The molecule has 1 heterocycles. The van der Waals surface area contributed by atoms with Gasteiger partial charge in [0.1, 0.15) is 4.21 Å². The van der Waals surface area contributed by atoms with Crippen LogP contribution in [0.3, 0.4) is 0 Å². The van der Waals surface area contributed by atoms with Crippen LogP contribution in [-0.4, -0.2) is 34.1 Å². The quantitative estimate of drug-likeness (QED) is 0.539. The molecular formula is C6H8ClN3O6S3. The highest BCUT2D eigenvalue weighted by Crippen LogP contribution is 2.35. The molecule has 0 bridgehead atoms. The Bertz CT molecular complexity index is 694. The smallest absolute Gasteiger partial charge is 0.258 e. The Morgan fingerprint density at radius 2 is 2.00 bits per heavy atom. The summed E-state index contributed by atoms with van der Waals surface area (Å²) in [6.07, 6.45) is 0. The maximum atomic E-state index is 11.7. The molecule has 0 aliphatic rings. The lowest BCUT2D eigenvalue weighted by atomic mass is 10.6. The molecule has 0 saturated carbocycles. The SMILES string of the molecule is NS(=O)(=O)CCNS(=O)(=O)c1cc([N+](=O)[O-])c(Cl)s1. The van der Waals surface area contributed by atoms with E-state index < -0.39 is 43.0 Å². The van der Waals surface area contributed by atoms with E-state index in [2.05, 4.69) is 0 Å². The van der Waals surface area contributed by atoms with Crippen molar-refractivity contribution < 1.29 is 21.8 Å². The zero-order valence-corrected chi connectivity index (χ0v) is 12.3. The van der Waals surface area contributed by atoms with E-state index in [1.54, 1.807) is 0 Å². The van der Waals surface area contributed by atoms with Gasteiger partial charge < -0.3 is 0 Å². The molecule has 1 rings (SSSR count). The summed E-state index contributed by atoms with van der Waals surface area (Å²) >= 11 is 6.02. The average Bonchev–Trinajstić information content (AvgIpc) is 2.58. The third-order valence-corrected chi connectivity index (χ3v) is 5.83. The van der Waals surface area contributed by atoms with Crippen LogP contribution in [0.5, 0.6) is 0 Å². The first-order chi connectivity index (χ1) is 8.53. The predicted octanol–water partition coefficient (Wildman–Crippen LogP) is -0.123. The lowest BCUT2D eigenvalue weighted by Gasteiger charge is -2.02. The molecule has 13 heteroatoms. The number of thiophene rings is 1. The fourth-order valence-corrected chi connectivity index (χ4v) is 4.24. The number of nitro groups is 1. The fraction of sp³-hybridized carbons (Fsp3) is 0.333. The minimum absolute atomic E-state index is 0.281. The molecule has 3 N–H and O–H groups in total. The summed E-state index contributed by atoms with van der Waals surface area (Å²) < 4.78 is 45.9. The molecule has 1 aromatic heterocycles. The zero-order chi connectivity index (χ0) is 14.8. The van der Waals surface area contributed by atoms with Crippen LogP contribution in [0.2, 0.25) is 4.34 Å². The Morgan fingerprint density at radius 3 is 2.42 bits per heavy atom. The highest BCUT2D eigenvalue weighted by atomic mass is 35.5. The van der Waals surface area contributed by atoms with Gasteiger partial charge in [0.2, 0.25) is 20.0 Å². The Balaban J connectivity index is 2.89. The number of halogens is 1. The number of rotatable bonds is 6. The average molecular weight is 350 g/mol. The molecule has 0 fully saturated rings. The summed E-state index contributed by atoms with van der Waals surface area (Å²) in [7, 11) is -7.86. The van der Waals surface area contributed by atoms with E-state index >= 15 is 0 Å². The van der Waals surface area contributed by atoms with Crippen molar-refractivity contribution in [3.05, 3.63) is 20.5 Å². The molecule has 0 aliphatic carbocycles. The highest BCUT2D eigenvalue weighted by Gasteiger charge is 2.25. The Hall–Kier alpha value is -0.790. The molecule has 0 radical (unpaired) electrons. The van der Waals surface area contributed by atoms with Crippen molar-refractivity contribution in [2.45, 2.75) is 4.21 Å². The van der Waals surface area contributed by atoms with E-state index in [0.29, 0.717) is 11.3 Å². The van der Waals surface area contributed by atoms with E-state index in [9.17, 15) is 26.9 Å². The van der Waals surface area contributed by atoms with Crippen LogP contribution in [0.25, 0.3) is 0 Å². The second kappa shape index (κ2) is 5.68. The number of nitrogens with one attached hydrogen (secondary N) is 1. The predicted molar refractivity (Wildman–Crippen MR) is 69.1 cm³/mol. The largest absolute Gasteiger partial charge is 0.300 e. The first kappa shape index (κ1) is 16.3. The first-order valence-electron chi connectivity index (χ1n) is 4.47. The number of hydrogen-bond acceptors (Lipinski definition) is 7. The van der Waals surface area contributed by atoms with E-state index in [4.69, 9.17) is 16.7 Å². The van der Waals surface area contributed by atoms with Gasteiger partial charge >= 0.3 is 0 Å². The van der Waals surface area contributed by atoms with Gasteiger partial charge in [-0.1, -0.05) is 11.6 Å². The van der Waals surface area contributed by atoms with Crippen LogP contribution < -0.4 is 9.86 Å². The van der Waals surface area contributed by atoms with Crippen molar-refractivity contribution in [2.24, 2.45) is 5.14 Å². The molecule has 0 aromatic carbocycles. The van der Waals surface area contributed by atoms with E-state index in [0.717, 1.165) is 6.07 Å². The van der Waals surface area contributed by atoms with Crippen molar-refractivity contribution in [1.82, 2.24) is 4.72 Å². The number of primary sulfonamides is 1.